The predicted octanol–water partition coefficient (Wildman–Crippen LogP) is 1.29. The van der Waals surface area contributed by atoms with E-state index in [1.165, 1.54) is 6.07 Å². The molecule has 116 valence electrons. The number of nitrogens with zero attached hydrogens (tertiary/aromatic N) is 1. The monoisotopic (exact) mass is 310 g/mol. The molecule has 0 aliphatic carbocycles. The number of carbonyl (C=O) groups is 1. The van der Waals surface area contributed by atoms with Crippen LogP contribution in [0, 0.1) is 5.92 Å². The summed E-state index contributed by atoms with van der Waals surface area (Å²) in [6, 6.07) is 6.48. The van der Waals surface area contributed by atoms with Gasteiger partial charge in [0.1, 0.15) is 0 Å². The molecule has 0 bridgehead atoms. The van der Waals surface area contributed by atoms with Crippen molar-refractivity contribution in [3.8, 4) is 0 Å². The van der Waals surface area contributed by atoms with Gasteiger partial charge in [0.05, 0.1) is 16.2 Å². The van der Waals surface area contributed by atoms with E-state index in [4.69, 9.17) is 5.73 Å². The molecule has 1 aliphatic rings. The van der Waals surface area contributed by atoms with Crippen molar-refractivity contribution in [2.45, 2.75) is 24.7 Å². The maximum atomic E-state index is 12.6. The van der Waals surface area contributed by atoms with Crippen molar-refractivity contribution in [1.29, 1.82) is 0 Å². The molecule has 1 heterocycles. The standard InChI is InChI=1S/C15H22N2O3S/c1-2-9-21(19,20)14-6-4-3-5-13(14)15(18)17-8-7-12(10-16)11-17/h3-6,12H,2,7-11,16H2,1H3/t12-/m1/s1. The number of hydrogen-bond acceptors (Lipinski definition) is 4. The molecule has 0 saturated carbocycles. The molecule has 0 unspecified atom stereocenters. The van der Waals surface area contributed by atoms with Crippen LogP contribution in [0.5, 0.6) is 0 Å². The van der Waals surface area contributed by atoms with Crippen LogP contribution < -0.4 is 5.73 Å². The molecule has 5 nitrogen and oxygen atoms in total. The fourth-order valence-electron chi connectivity index (χ4n) is 2.67. The van der Waals surface area contributed by atoms with Crippen molar-refractivity contribution < 1.29 is 13.2 Å². The van der Waals surface area contributed by atoms with E-state index < -0.39 is 9.84 Å². The summed E-state index contributed by atoms with van der Waals surface area (Å²) in [5.41, 5.74) is 5.92. The zero-order chi connectivity index (χ0) is 15.5. The molecular formula is C15H22N2O3S. The van der Waals surface area contributed by atoms with Crippen LogP contribution in [-0.2, 0) is 9.84 Å². The van der Waals surface area contributed by atoms with Crippen LogP contribution in [0.15, 0.2) is 29.2 Å². The van der Waals surface area contributed by atoms with Crippen LogP contribution in [-0.4, -0.2) is 44.6 Å². The van der Waals surface area contributed by atoms with Gasteiger partial charge in [-0.3, -0.25) is 4.79 Å². The molecule has 1 atom stereocenters. The number of amides is 1. The first-order valence-corrected chi connectivity index (χ1v) is 8.96. The number of sulfone groups is 1. The Morgan fingerprint density at radius 3 is 2.71 bits per heavy atom. The van der Waals surface area contributed by atoms with Gasteiger partial charge in [0.2, 0.25) is 0 Å². The summed E-state index contributed by atoms with van der Waals surface area (Å²) < 4.78 is 24.6. The SMILES string of the molecule is CCCS(=O)(=O)c1ccccc1C(=O)N1CC[C@H](CN)C1. The van der Waals surface area contributed by atoms with E-state index in [0.29, 0.717) is 32.0 Å². The molecule has 1 aromatic rings. The molecule has 0 radical (unpaired) electrons. The van der Waals surface area contributed by atoms with Crippen LogP contribution >= 0.6 is 0 Å². The topological polar surface area (TPSA) is 80.5 Å². The van der Waals surface area contributed by atoms with Crippen LogP contribution in [0.25, 0.3) is 0 Å². The van der Waals surface area contributed by atoms with Gasteiger partial charge in [-0.25, -0.2) is 8.42 Å². The summed E-state index contributed by atoms with van der Waals surface area (Å²) in [5, 5.41) is 0. The van der Waals surface area contributed by atoms with Gasteiger partial charge < -0.3 is 10.6 Å². The Labute approximate surface area is 126 Å². The Morgan fingerprint density at radius 1 is 1.38 bits per heavy atom. The number of hydrogen-bond donors (Lipinski definition) is 1. The number of nitrogens with two attached hydrogens (primary N) is 1. The maximum Gasteiger partial charge on any atom is 0.255 e. The molecule has 1 amide bonds. The maximum absolute atomic E-state index is 12.6. The molecular weight excluding hydrogens is 288 g/mol. The molecule has 21 heavy (non-hydrogen) atoms. The molecule has 2 rings (SSSR count). The molecule has 1 saturated heterocycles. The van der Waals surface area contributed by atoms with E-state index in [9.17, 15) is 13.2 Å². The normalized spacial score (nSPS) is 19.0. The Morgan fingerprint density at radius 2 is 2.10 bits per heavy atom. The lowest BCUT2D eigenvalue weighted by Gasteiger charge is -2.18. The van der Waals surface area contributed by atoms with E-state index in [1.54, 1.807) is 23.1 Å². The molecule has 6 heteroatoms. The van der Waals surface area contributed by atoms with Crippen LogP contribution in [0.2, 0.25) is 0 Å². The molecule has 1 aromatic carbocycles. The minimum atomic E-state index is -3.41. The van der Waals surface area contributed by atoms with Gasteiger partial charge in [-0.05, 0) is 37.4 Å². The molecule has 1 aliphatic heterocycles. The van der Waals surface area contributed by atoms with Crippen molar-refractivity contribution in [3.05, 3.63) is 29.8 Å². The van der Waals surface area contributed by atoms with Crippen molar-refractivity contribution in [3.63, 3.8) is 0 Å². The third kappa shape index (κ3) is 3.44. The fourth-order valence-corrected chi connectivity index (χ4v) is 4.21. The summed E-state index contributed by atoms with van der Waals surface area (Å²) in [6.07, 6.45) is 1.41. The predicted molar refractivity (Wildman–Crippen MR) is 81.9 cm³/mol. The van der Waals surface area contributed by atoms with E-state index in [-0.39, 0.29) is 22.1 Å². The van der Waals surface area contributed by atoms with Gasteiger partial charge in [0, 0.05) is 13.1 Å². The molecule has 1 fully saturated rings. The average molecular weight is 310 g/mol. The molecule has 2 N–H and O–H groups in total. The quantitative estimate of drug-likeness (QED) is 0.888. The second kappa shape index (κ2) is 6.58. The first-order chi connectivity index (χ1) is 9.99. The van der Waals surface area contributed by atoms with Gasteiger partial charge in [-0.15, -0.1) is 0 Å². The van der Waals surface area contributed by atoms with E-state index in [1.807, 2.05) is 6.92 Å². The zero-order valence-corrected chi connectivity index (χ0v) is 13.1. The van der Waals surface area contributed by atoms with E-state index in [2.05, 4.69) is 0 Å². The second-order valence-electron chi connectivity index (χ2n) is 5.46. The highest BCUT2D eigenvalue weighted by Gasteiger charge is 2.29. The fraction of sp³-hybridized carbons (Fsp3) is 0.533. The van der Waals surface area contributed by atoms with E-state index in [0.717, 1.165) is 6.42 Å². The van der Waals surface area contributed by atoms with Crippen molar-refractivity contribution in [2.24, 2.45) is 11.7 Å². The van der Waals surface area contributed by atoms with Gasteiger partial charge in [-0.1, -0.05) is 19.1 Å². The third-order valence-electron chi connectivity index (χ3n) is 3.83. The Kier molecular flexibility index (Phi) is 5.00. The van der Waals surface area contributed by atoms with Crippen LogP contribution in [0.3, 0.4) is 0 Å². The van der Waals surface area contributed by atoms with Gasteiger partial charge in [0.15, 0.2) is 9.84 Å². The van der Waals surface area contributed by atoms with Crippen molar-refractivity contribution in [1.82, 2.24) is 4.90 Å². The van der Waals surface area contributed by atoms with Gasteiger partial charge in [0.25, 0.3) is 5.91 Å². The van der Waals surface area contributed by atoms with Crippen molar-refractivity contribution in [2.75, 3.05) is 25.4 Å². The Hall–Kier alpha value is -1.40. The smallest absolute Gasteiger partial charge is 0.255 e. The summed E-state index contributed by atoms with van der Waals surface area (Å²) in [5.74, 6) is 0.164. The first-order valence-electron chi connectivity index (χ1n) is 7.30. The lowest BCUT2D eigenvalue weighted by atomic mass is 10.1. The first kappa shape index (κ1) is 16.0. The highest BCUT2D eigenvalue weighted by atomic mass is 32.2. The van der Waals surface area contributed by atoms with Crippen LogP contribution in [0.1, 0.15) is 30.1 Å². The minimum Gasteiger partial charge on any atom is -0.338 e. The lowest BCUT2D eigenvalue weighted by Crippen LogP contribution is -2.31. The van der Waals surface area contributed by atoms with Gasteiger partial charge in [-0.2, -0.15) is 0 Å². The van der Waals surface area contributed by atoms with Crippen LogP contribution in [0.4, 0.5) is 0 Å². The Bertz CT molecular complexity index is 613. The number of carbonyl (C=O) groups excluding carboxylic acids is 1. The second-order valence-corrected chi connectivity index (χ2v) is 7.53. The third-order valence-corrected chi connectivity index (χ3v) is 5.80. The molecule has 0 aromatic heterocycles. The largest absolute Gasteiger partial charge is 0.338 e. The number of likely N-dealkylation sites (tertiary alicyclic amines) is 1. The highest BCUT2D eigenvalue weighted by molar-refractivity contribution is 7.91. The summed E-state index contributed by atoms with van der Waals surface area (Å²) in [7, 11) is -3.41. The summed E-state index contributed by atoms with van der Waals surface area (Å²) in [4.78, 5) is 14.5. The zero-order valence-electron chi connectivity index (χ0n) is 12.3. The Balaban J connectivity index is 2.30. The summed E-state index contributed by atoms with van der Waals surface area (Å²) >= 11 is 0. The average Bonchev–Trinajstić information content (AvgIpc) is 2.95. The minimum absolute atomic E-state index is 0.0583. The lowest BCUT2D eigenvalue weighted by molar-refractivity contribution is 0.0784. The summed E-state index contributed by atoms with van der Waals surface area (Å²) in [6.45, 7) is 3.62. The number of rotatable bonds is 5. The highest BCUT2D eigenvalue weighted by Crippen LogP contribution is 2.23. The van der Waals surface area contributed by atoms with Gasteiger partial charge >= 0.3 is 0 Å². The molecule has 0 spiro atoms. The van der Waals surface area contributed by atoms with E-state index >= 15 is 0 Å². The number of benzene rings is 1. The van der Waals surface area contributed by atoms with Crippen molar-refractivity contribution >= 4 is 15.7 Å².